The zero-order valence-corrected chi connectivity index (χ0v) is 9.77. The minimum atomic E-state index is 0.709. The molecule has 1 heterocycles. The van der Waals surface area contributed by atoms with E-state index in [1.54, 1.807) is 6.33 Å². The van der Waals surface area contributed by atoms with Crippen molar-refractivity contribution in [2.75, 3.05) is 11.9 Å². The van der Waals surface area contributed by atoms with Gasteiger partial charge in [-0.15, -0.1) is 0 Å². The molecule has 0 atom stereocenters. The highest BCUT2D eigenvalue weighted by Crippen LogP contribution is 2.18. The first-order valence-corrected chi connectivity index (χ1v) is 5.71. The van der Waals surface area contributed by atoms with Gasteiger partial charge in [0, 0.05) is 11.9 Å². The lowest BCUT2D eigenvalue weighted by atomic mass is 10.1. The summed E-state index contributed by atoms with van der Waals surface area (Å²) >= 11 is 0. The van der Waals surface area contributed by atoms with Crippen LogP contribution in [-0.2, 0) is 0 Å². The van der Waals surface area contributed by atoms with Gasteiger partial charge in [-0.3, -0.25) is 0 Å². The van der Waals surface area contributed by atoms with Crippen LogP contribution in [0.3, 0.4) is 0 Å². The largest absolute Gasteiger partial charge is 0.369 e. The molecule has 0 fully saturated rings. The van der Waals surface area contributed by atoms with Crippen molar-refractivity contribution in [3.63, 3.8) is 0 Å². The molecular formula is C13H17N3. The van der Waals surface area contributed by atoms with Crippen molar-refractivity contribution in [2.45, 2.75) is 20.3 Å². The third-order valence-electron chi connectivity index (χ3n) is 2.56. The maximum absolute atomic E-state index is 4.28. The van der Waals surface area contributed by atoms with Crippen molar-refractivity contribution in [1.29, 1.82) is 0 Å². The molecule has 1 aromatic carbocycles. The molecule has 0 aliphatic rings. The monoisotopic (exact) mass is 215 g/mol. The van der Waals surface area contributed by atoms with Crippen molar-refractivity contribution < 1.29 is 0 Å². The molecule has 2 rings (SSSR count). The molecular weight excluding hydrogens is 198 g/mol. The highest BCUT2D eigenvalue weighted by Gasteiger charge is 2.02. The van der Waals surface area contributed by atoms with Gasteiger partial charge >= 0.3 is 0 Å². The number of hydrogen-bond acceptors (Lipinski definition) is 3. The fourth-order valence-electron chi connectivity index (χ4n) is 1.62. The van der Waals surface area contributed by atoms with Crippen LogP contribution in [-0.4, -0.2) is 16.5 Å². The summed E-state index contributed by atoms with van der Waals surface area (Å²) in [6.45, 7) is 5.40. The summed E-state index contributed by atoms with van der Waals surface area (Å²) in [5.74, 6) is 1.65. The lowest BCUT2D eigenvalue weighted by Gasteiger charge is -2.09. The van der Waals surface area contributed by atoms with E-state index in [1.165, 1.54) is 0 Å². The van der Waals surface area contributed by atoms with Crippen molar-refractivity contribution in [2.24, 2.45) is 5.92 Å². The number of para-hydroxylation sites is 1. The standard InChI is InChI=1S/C13H17N3/c1-10(2)7-8-14-13-11-5-3-4-6-12(11)15-9-16-13/h3-6,9-10H,7-8H2,1-2H3,(H,14,15,16). The zero-order valence-electron chi connectivity index (χ0n) is 9.77. The first kappa shape index (κ1) is 10.9. The Morgan fingerprint density at radius 2 is 2.00 bits per heavy atom. The fraction of sp³-hybridized carbons (Fsp3) is 0.385. The van der Waals surface area contributed by atoms with E-state index in [-0.39, 0.29) is 0 Å². The summed E-state index contributed by atoms with van der Waals surface area (Å²) in [5.41, 5.74) is 0.990. The second-order valence-electron chi connectivity index (χ2n) is 4.35. The van der Waals surface area contributed by atoms with Gasteiger partial charge in [0.2, 0.25) is 0 Å². The summed E-state index contributed by atoms with van der Waals surface area (Å²) in [6, 6.07) is 8.06. The molecule has 2 aromatic rings. The molecule has 3 heteroatoms. The van der Waals surface area contributed by atoms with Gasteiger partial charge in [0.05, 0.1) is 5.52 Å². The van der Waals surface area contributed by atoms with E-state index in [0.717, 1.165) is 29.7 Å². The molecule has 0 aliphatic heterocycles. The Bertz CT molecular complexity index is 460. The maximum Gasteiger partial charge on any atom is 0.137 e. The van der Waals surface area contributed by atoms with Crippen LogP contribution in [0.15, 0.2) is 30.6 Å². The van der Waals surface area contributed by atoms with Crippen LogP contribution in [0.1, 0.15) is 20.3 Å². The molecule has 0 aliphatic carbocycles. The lowest BCUT2D eigenvalue weighted by Crippen LogP contribution is -2.06. The predicted molar refractivity (Wildman–Crippen MR) is 67.5 cm³/mol. The quantitative estimate of drug-likeness (QED) is 0.851. The van der Waals surface area contributed by atoms with Gasteiger partial charge in [0.1, 0.15) is 12.1 Å². The van der Waals surface area contributed by atoms with Crippen molar-refractivity contribution in [1.82, 2.24) is 9.97 Å². The van der Waals surface area contributed by atoms with Crippen LogP contribution < -0.4 is 5.32 Å². The molecule has 16 heavy (non-hydrogen) atoms. The van der Waals surface area contributed by atoms with Crippen molar-refractivity contribution in [3.05, 3.63) is 30.6 Å². The number of anilines is 1. The molecule has 1 N–H and O–H groups in total. The molecule has 0 amide bonds. The van der Waals surface area contributed by atoms with Gasteiger partial charge in [-0.25, -0.2) is 9.97 Å². The van der Waals surface area contributed by atoms with E-state index in [0.29, 0.717) is 5.92 Å². The molecule has 3 nitrogen and oxygen atoms in total. The second-order valence-corrected chi connectivity index (χ2v) is 4.35. The van der Waals surface area contributed by atoms with Gasteiger partial charge < -0.3 is 5.32 Å². The van der Waals surface area contributed by atoms with Gasteiger partial charge in [0.25, 0.3) is 0 Å². The minimum absolute atomic E-state index is 0.709. The summed E-state index contributed by atoms with van der Waals surface area (Å²) in [4.78, 5) is 8.52. The molecule has 0 saturated heterocycles. The van der Waals surface area contributed by atoms with Crippen molar-refractivity contribution in [3.8, 4) is 0 Å². The Morgan fingerprint density at radius 3 is 2.81 bits per heavy atom. The first-order valence-electron chi connectivity index (χ1n) is 5.71. The molecule has 0 spiro atoms. The average molecular weight is 215 g/mol. The summed E-state index contributed by atoms with van der Waals surface area (Å²) in [6.07, 6.45) is 2.76. The highest BCUT2D eigenvalue weighted by molar-refractivity contribution is 5.88. The predicted octanol–water partition coefficient (Wildman–Crippen LogP) is 3.09. The van der Waals surface area contributed by atoms with Gasteiger partial charge in [-0.2, -0.15) is 0 Å². The minimum Gasteiger partial charge on any atom is -0.369 e. The molecule has 0 saturated carbocycles. The Balaban J connectivity index is 2.17. The van der Waals surface area contributed by atoms with E-state index in [4.69, 9.17) is 0 Å². The highest BCUT2D eigenvalue weighted by atomic mass is 15.0. The topological polar surface area (TPSA) is 37.8 Å². The third-order valence-corrected chi connectivity index (χ3v) is 2.56. The molecule has 1 aromatic heterocycles. The van der Waals surface area contributed by atoms with E-state index in [9.17, 15) is 0 Å². The van der Waals surface area contributed by atoms with Gasteiger partial charge in [-0.05, 0) is 24.5 Å². The first-order chi connectivity index (χ1) is 7.77. The number of benzene rings is 1. The van der Waals surface area contributed by atoms with E-state index in [1.807, 2.05) is 24.3 Å². The van der Waals surface area contributed by atoms with Crippen molar-refractivity contribution >= 4 is 16.7 Å². The zero-order chi connectivity index (χ0) is 11.4. The summed E-state index contributed by atoms with van der Waals surface area (Å²) in [5, 5.41) is 4.46. The molecule has 0 unspecified atom stereocenters. The lowest BCUT2D eigenvalue weighted by molar-refractivity contribution is 0.607. The number of rotatable bonds is 4. The van der Waals surface area contributed by atoms with E-state index < -0.39 is 0 Å². The third kappa shape index (κ3) is 2.48. The van der Waals surface area contributed by atoms with Crippen LogP contribution in [0.25, 0.3) is 10.9 Å². The van der Waals surface area contributed by atoms with Crippen LogP contribution in [0.5, 0.6) is 0 Å². The van der Waals surface area contributed by atoms with Gasteiger partial charge in [0.15, 0.2) is 0 Å². The van der Waals surface area contributed by atoms with Crippen LogP contribution in [0.4, 0.5) is 5.82 Å². The van der Waals surface area contributed by atoms with E-state index in [2.05, 4.69) is 29.1 Å². The molecule has 0 bridgehead atoms. The number of aromatic nitrogens is 2. The molecule has 84 valence electrons. The van der Waals surface area contributed by atoms with Crippen LogP contribution in [0, 0.1) is 5.92 Å². The average Bonchev–Trinajstić information content (AvgIpc) is 2.29. The Morgan fingerprint density at radius 1 is 1.19 bits per heavy atom. The van der Waals surface area contributed by atoms with Gasteiger partial charge in [-0.1, -0.05) is 26.0 Å². The normalized spacial score (nSPS) is 10.9. The Labute approximate surface area is 95.9 Å². The maximum atomic E-state index is 4.28. The number of nitrogens with zero attached hydrogens (tertiary/aromatic N) is 2. The van der Waals surface area contributed by atoms with Crippen LogP contribution in [0.2, 0.25) is 0 Å². The number of hydrogen-bond donors (Lipinski definition) is 1. The Hall–Kier alpha value is -1.64. The number of fused-ring (bicyclic) bond motifs is 1. The fourth-order valence-corrected chi connectivity index (χ4v) is 1.62. The SMILES string of the molecule is CC(C)CCNc1ncnc2ccccc12. The van der Waals surface area contributed by atoms with Crippen LogP contribution >= 0.6 is 0 Å². The summed E-state index contributed by atoms with van der Waals surface area (Å²) < 4.78 is 0. The number of nitrogens with one attached hydrogen (secondary N) is 1. The Kier molecular flexibility index (Phi) is 3.34. The summed E-state index contributed by atoms with van der Waals surface area (Å²) in [7, 11) is 0. The van der Waals surface area contributed by atoms with E-state index >= 15 is 0 Å². The molecule has 0 radical (unpaired) electrons. The second kappa shape index (κ2) is 4.92. The smallest absolute Gasteiger partial charge is 0.137 e.